The first kappa shape index (κ1) is 17.4. The number of rotatable bonds is 5. The Morgan fingerprint density at radius 1 is 1.35 bits per heavy atom. The van der Waals surface area contributed by atoms with E-state index in [2.05, 4.69) is 15.2 Å². The van der Waals surface area contributed by atoms with E-state index in [-0.39, 0.29) is 16.7 Å². The quantitative estimate of drug-likeness (QED) is 0.880. The lowest BCUT2D eigenvalue weighted by Crippen LogP contribution is -2.14. The van der Waals surface area contributed by atoms with Crippen molar-refractivity contribution in [1.82, 2.24) is 9.78 Å². The average molecular weight is 343 g/mol. The van der Waals surface area contributed by atoms with Crippen LogP contribution in [0.2, 0.25) is 0 Å². The molecule has 0 aromatic carbocycles. The van der Waals surface area contributed by atoms with Gasteiger partial charge < -0.3 is 10.1 Å². The lowest BCUT2D eigenvalue weighted by molar-refractivity contribution is -0.0498. The molecule has 0 saturated carbocycles. The Morgan fingerprint density at radius 3 is 2.52 bits per heavy atom. The highest BCUT2D eigenvalue weighted by Crippen LogP contribution is 2.32. The fraction of sp³-hybridized carbons (Fsp3) is 0.467. The Hall–Kier alpha value is -1.96. The minimum Gasteiger partial charge on any atom is -0.433 e. The lowest BCUT2D eigenvalue weighted by Gasteiger charge is -2.10. The van der Waals surface area contributed by atoms with Crippen LogP contribution in [0.4, 0.5) is 14.5 Å². The molecule has 2 rings (SSSR count). The number of halogens is 2. The van der Waals surface area contributed by atoms with E-state index >= 15 is 0 Å². The van der Waals surface area contributed by atoms with Crippen molar-refractivity contribution in [3.05, 3.63) is 27.2 Å². The minimum atomic E-state index is -2.97. The first-order valence-electron chi connectivity index (χ1n) is 7.13. The second-order valence-electron chi connectivity index (χ2n) is 5.47. The van der Waals surface area contributed by atoms with Crippen LogP contribution in [0.1, 0.15) is 45.8 Å². The van der Waals surface area contributed by atoms with E-state index in [1.54, 1.807) is 18.5 Å². The van der Waals surface area contributed by atoms with E-state index in [0.717, 1.165) is 21.9 Å². The molecule has 0 spiro atoms. The predicted octanol–water partition coefficient (Wildman–Crippen LogP) is 4.30. The van der Waals surface area contributed by atoms with Crippen LogP contribution >= 0.6 is 11.3 Å². The summed E-state index contributed by atoms with van der Waals surface area (Å²) in [6.07, 6.45) is 0. The van der Waals surface area contributed by atoms with E-state index in [0.29, 0.717) is 11.4 Å². The first-order valence-corrected chi connectivity index (χ1v) is 7.94. The van der Waals surface area contributed by atoms with Crippen LogP contribution < -0.4 is 10.1 Å². The van der Waals surface area contributed by atoms with Crippen LogP contribution in [0.15, 0.2) is 6.07 Å². The summed E-state index contributed by atoms with van der Waals surface area (Å²) < 4.78 is 31.1. The van der Waals surface area contributed by atoms with Gasteiger partial charge in [0, 0.05) is 10.9 Å². The van der Waals surface area contributed by atoms with Gasteiger partial charge in [-0.15, -0.1) is 11.3 Å². The maximum absolute atomic E-state index is 12.5. The topological polar surface area (TPSA) is 56.1 Å². The van der Waals surface area contributed by atoms with Crippen LogP contribution in [-0.4, -0.2) is 22.3 Å². The standard InChI is InChI=1S/C15H19F2N3O2S/c1-7(2)20-10(5)12(9(4)19-20)18-14(21)13-11(22-15(16)17)6-8(3)23-13/h6-7,15H,1-5H3,(H,18,21). The molecule has 0 unspecified atom stereocenters. The van der Waals surface area contributed by atoms with E-state index in [1.807, 2.05) is 20.8 Å². The van der Waals surface area contributed by atoms with Gasteiger partial charge >= 0.3 is 6.61 Å². The number of carbonyl (C=O) groups excluding carboxylic acids is 1. The number of hydrogen-bond acceptors (Lipinski definition) is 4. The molecule has 2 heterocycles. The molecule has 0 radical (unpaired) electrons. The molecule has 0 aliphatic heterocycles. The SMILES string of the molecule is Cc1cc(OC(F)F)c(C(=O)Nc2c(C)nn(C(C)C)c2C)s1. The Labute approximate surface area is 137 Å². The first-order chi connectivity index (χ1) is 10.7. The predicted molar refractivity (Wildman–Crippen MR) is 85.7 cm³/mol. The summed E-state index contributed by atoms with van der Waals surface area (Å²) in [6, 6.07) is 1.59. The molecule has 0 aliphatic carbocycles. The summed E-state index contributed by atoms with van der Waals surface area (Å²) >= 11 is 1.11. The van der Waals surface area contributed by atoms with Gasteiger partial charge in [0.2, 0.25) is 0 Å². The molecule has 2 aromatic rings. The maximum atomic E-state index is 12.5. The summed E-state index contributed by atoms with van der Waals surface area (Å²) in [4.78, 5) is 13.3. The van der Waals surface area contributed by atoms with E-state index in [9.17, 15) is 13.6 Å². The zero-order valence-corrected chi connectivity index (χ0v) is 14.4. The summed E-state index contributed by atoms with van der Waals surface area (Å²) in [7, 11) is 0. The Bertz CT molecular complexity index is 723. The number of hydrogen-bond donors (Lipinski definition) is 1. The number of ether oxygens (including phenoxy) is 1. The van der Waals surface area contributed by atoms with Crippen molar-refractivity contribution >= 4 is 22.9 Å². The molecule has 5 nitrogen and oxygen atoms in total. The number of carbonyl (C=O) groups is 1. The molecule has 8 heteroatoms. The highest BCUT2D eigenvalue weighted by Gasteiger charge is 2.22. The molecule has 0 saturated heterocycles. The van der Waals surface area contributed by atoms with Gasteiger partial charge in [0.05, 0.1) is 17.1 Å². The molecule has 126 valence electrons. The van der Waals surface area contributed by atoms with Gasteiger partial charge in [-0.3, -0.25) is 9.48 Å². The summed E-state index contributed by atoms with van der Waals surface area (Å²) in [5.74, 6) is -0.584. The Morgan fingerprint density at radius 2 is 2.00 bits per heavy atom. The van der Waals surface area contributed by atoms with Crippen molar-refractivity contribution in [1.29, 1.82) is 0 Å². The molecule has 23 heavy (non-hydrogen) atoms. The molecule has 0 aliphatic rings. The van der Waals surface area contributed by atoms with Crippen molar-refractivity contribution in [2.24, 2.45) is 0 Å². The van der Waals surface area contributed by atoms with Gasteiger partial charge in [-0.1, -0.05) is 0 Å². The average Bonchev–Trinajstić information content (AvgIpc) is 2.92. The Balaban J connectivity index is 2.30. The van der Waals surface area contributed by atoms with E-state index in [1.165, 1.54) is 6.07 Å². The summed E-state index contributed by atoms with van der Waals surface area (Å²) in [5, 5.41) is 7.15. The zero-order valence-electron chi connectivity index (χ0n) is 13.6. The third kappa shape index (κ3) is 3.69. The fourth-order valence-corrected chi connectivity index (χ4v) is 3.19. The van der Waals surface area contributed by atoms with Crippen molar-refractivity contribution in [3.8, 4) is 5.75 Å². The number of aromatic nitrogens is 2. The molecular weight excluding hydrogens is 324 g/mol. The number of thiophene rings is 1. The van der Waals surface area contributed by atoms with Crippen molar-refractivity contribution < 1.29 is 18.3 Å². The molecule has 1 amide bonds. The van der Waals surface area contributed by atoms with Crippen molar-refractivity contribution in [2.75, 3.05) is 5.32 Å². The maximum Gasteiger partial charge on any atom is 0.387 e. The van der Waals surface area contributed by atoms with Gasteiger partial charge in [0.1, 0.15) is 10.6 Å². The number of amides is 1. The van der Waals surface area contributed by atoms with Crippen LogP contribution in [0.3, 0.4) is 0 Å². The van der Waals surface area contributed by atoms with Crippen LogP contribution in [0, 0.1) is 20.8 Å². The van der Waals surface area contributed by atoms with Gasteiger partial charge in [0.25, 0.3) is 5.91 Å². The number of nitrogens with one attached hydrogen (secondary N) is 1. The molecule has 0 bridgehead atoms. The van der Waals surface area contributed by atoms with Gasteiger partial charge in [-0.2, -0.15) is 13.9 Å². The minimum absolute atomic E-state index is 0.105. The van der Waals surface area contributed by atoms with Crippen molar-refractivity contribution in [3.63, 3.8) is 0 Å². The molecule has 0 atom stereocenters. The van der Waals surface area contributed by atoms with Crippen LogP contribution in [0.5, 0.6) is 5.75 Å². The number of nitrogens with zero attached hydrogens (tertiary/aromatic N) is 2. The van der Waals surface area contributed by atoms with Crippen LogP contribution in [-0.2, 0) is 0 Å². The third-order valence-electron chi connectivity index (χ3n) is 3.30. The van der Waals surface area contributed by atoms with Crippen LogP contribution in [0.25, 0.3) is 0 Å². The molecule has 1 N–H and O–H groups in total. The highest BCUT2D eigenvalue weighted by atomic mass is 32.1. The number of aryl methyl sites for hydroxylation is 2. The number of alkyl halides is 2. The summed E-state index contributed by atoms with van der Waals surface area (Å²) in [6.45, 7) is 6.38. The van der Waals surface area contributed by atoms with Crippen molar-refractivity contribution in [2.45, 2.75) is 47.3 Å². The van der Waals surface area contributed by atoms with E-state index < -0.39 is 12.5 Å². The van der Waals surface area contributed by atoms with Gasteiger partial charge in [-0.05, 0) is 40.7 Å². The smallest absolute Gasteiger partial charge is 0.387 e. The zero-order chi connectivity index (χ0) is 17.3. The Kier molecular flexibility index (Phi) is 5.03. The summed E-state index contributed by atoms with van der Waals surface area (Å²) in [5.41, 5.74) is 2.09. The third-order valence-corrected chi connectivity index (χ3v) is 4.33. The highest BCUT2D eigenvalue weighted by molar-refractivity contribution is 7.14. The second-order valence-corrected chi connectivity index (χ2v) is 6.72. The lowest BCUT2D eigenvalue weighted by atomic mass is 10.3. The second kappa shape index (κ2) is 6.66. The van der Waals surface area contributed by atoms with E-state index in [4.69, 9.17) is 0 Å². The van der Waals surface area contributed by atoms with Gasteiger partial charge in [0.15, 0.2) is 0 Å². The van der Waals surface area contributed by atoms with Gasteiger partial charge in [-0.25, -0.2) is 0 Å². The monoisotopic (exact) mass is 343 g/mol. The molecule has 2 aromatic heterocycles. The molecular formula is C15H19F2N3O2S. The normalized spacial score (nSPS) is 11.3. The number of anilines is 1. The largest absolute Gasteiger partial charge is 0.433 e. The fourth-order valence-electron chi connectivity index (χ4n) is 2.35. The molecule has 0 fully saturated rings.